The Morgan fingerprint density at radius 1 is 0.943 bits per heavy atom. The lowest BCUT2D eigenvalue weighted by Crippen LogP contribution is -2.22. The van der Waals surface area contributed by atoms with E-state index >= 15 is 0 Å². The lowest BCUT2D eigenvalue weighted by molar-refractivity contribution is -0.115. The Labute approximate surface area is 211 Å². The molecule has 0 aliphatic carbocycles. The zero-order valence-electron chi connectivity index (χ0n) is 19.3. The monoisotopic (exact) mass is 502 g/mol. The minimum absolute atomic E-state index is 0.217. The third kappa shape index (κ3) is 5.80. The molecule has 0 aliphatic heterocycles. The lowest BCUT2D eigenvalue weighted by Gasteiger charge is -2.12. The van der Waals surface area contributed by atoms with Crippen LogP contribution in [0.3, 0.4) is 0 Å². The fourth-order valence-corrected chi connectivity index (χ4v) is 4.81. The maximum Gasteiger partial charge on any atom is 0.239 e. The number of aromatic nitrogens is 2. The molecule has 0 saturated carbocycles. The first kappa shape index (κ1) is 24.3. The number of carbonyl (C=O) groups is 1. The molecule has 7 nitrogen and oxygen atoms in total. The van der Waals surface area contributed by atoms with Crippen molar-refractivity contribution < 1.29 is 14.3 Å². The highest BCUT2D eigenvalue weighted by Gasteiger charge is 2.19. The molecule has 0 aliphatic rings. The Morgan fingerprint density at radius 2 is 1.54 bits per heavy atom. The molecule has 176 valence electrons. The van der Waals surface area contributed by atoms with Crippen molar-refractivity contribution in [1.29, 1.82) is 5.26 Å². The van der Waals surface area contributed by atoms with Crippen LogP contribution in [0.25, 0.3) is 22.5 Å². The molecule has 0 bridgehead atoms. The fourth-order valence-electron chi connectivity index (χ4n) is 3.19. The van der Waals surface area contributed by atoms with Crippen molar-refractivity contribution in [3.8, 4) is 40.1 Å². The van der Waals surface area contributed by atoms with E-state index in [1.165, 1.54) is 23.1 Å². The van der Waals surface area contributed by atoms with Crippen LogP contribution >= 0.6 is 23.1 Å². The number of nitriles is 1. The van der Waals surface area contributed by atoms with E-state index in [1.807, 2.05) is 53.9 Å². The van der Waals surface area contributed by atoms with Crippen molar-refractivity contribution in [2.75, 3.05) is 19.5 Å². The smallest absolute Gasteiger partial charge is 0.239 e. The molecule has 35 heavy (non-hydrogen) atoms. The van der Waals surface area contributed by atoms with Crippen molar-refractivity contribution >= 4 is 34.1 Å². The van der Waals surface area contributed by atoms with Gasteiger partial charge in [-0.3, -0.25) is 4.79 Å². The Kier molecular flexibility index (Phi) is 7.65. The molecule has 9 heteroatoms. The molecule has 2 heterocycles. The average molecular weight is 503 g/mol. The van der Waals surface area contributed by atoms with Crippen LogP contribution in [0.1, 0.15) is 12.5 Å². The molecule has 2 aromatic carbocycles. The number of anilines is 1. The summed E-state index contributed by atoms with van der Waals surface area (Å²) in [6.45, 7) is 1.78. The third-order valence-corrected chi connectivity index (χ3v) is 7.00. The Morgan fingerprint density at radius 3 is 2.11 bits per heavy atom. The maximum atomic E-state index is 12.9. The van der Waals surface area contributed by atoms with E-state index in [4.69, 9.17) is 9.47 Å². The molecule has 0 radical (unpaired) electrons. The number of amides is 1. The zero-order valence-corrected chi connectivity index (χ0v) is 20.9. The number of rotatable bonds is 8. The van der Waals surface area contributed by atoms with Gasteiger partial charge in [-0.1, -0.05) is 11.8 Å². The molecule has 0 saturated heterocycles. The summed E-state index contributed by atoms with van der Waals surface area (Å²) in [6, 6.07) is 20.8. The standard InChI is InChI=1S/C26H22N4O3S2/c1-16(24(31)30-26-29-23(15-34-26)18-6-11-21(33-3)12-7-18)35-25-19(14-27)8-13-22(28-25)17-4-9-20(32-2)10-5-17/h4-13,15-16H,1-3H3,(H,29,30,31). The predicted octanol–water partition coefficient (Wildman–Crippen LogP) is 5.88. The van der Waals surface area contributed by atoms with Gasteiger partial charge in [-0.05, 0) is 67.6 Å². The van der Waals surface area contributed by atoms with Crippen LogP contribution in [0.15, 0.2) is 71.1 Å². The Bertz CT molecular complexity index is 1360. The summed E-state index contributed by atoms with van der Waals surface area (Å²) < 4.78 is 10.4. The first-order chi connectivity index (χ1) is 17.0. The first-order valence-electron chi connectivity index (χ1n) is 10.6. The summed E-state index contributed by atoms with van der Waals surface area (Å²) in [4.78, 5) is 22.0. The van der Waals surface area contributed by atoms with Gasteiger partial charge in [0.25, 0.3) is 0 Å². The van der Waals surface area contributed by atoms with Crippen LogP contribution in [0.2, 0.25) is 0 Å². The van der Waals surface area contributed by atoms with Crippen molar-refractivity contribution in [3.63, 3.8) is 0 Å². The van der Waals surface area contributed by atoms with Gasteiger partial charge in [0.2, 0.25) is 5.91 Å². The maximum absolute atomic E-state index is 12.9. The largest absolute Gasteiger partial charge is 0.497 e. The lowest BCUT2D eigenvalue weighted by atomic mass is 10.1. The van der Waals surface area contributed by atoms with Gasteiger partial charge in [0.05, 0.1) is 36.4 Å². The molecular formula is C26H22N4O3S2. The predicted molar refractivity (Wildman–Crippen MR) is 139 cm³/mol. The molecule has 0 fully saturated rings. The van der Waals surface area contributed by atoms with Crippen LogP contribution in [0.4, 0.5) is 5.13 Å². The summed E-state index contributed by atoms with van der Waals surface area (Å²) in [5.41, 5.74) is 3.73. The van der Waals surface area contributed by atoms with Gasteiger partial charge < -0.3 is 14.8 Å². The molecule has 2 aromatic heterocycles. The highest BCUT2D eigenvalue weighted by Crippen LogP contribution is 2.31. The number of thiazole rings is 1. The van der Waals surface area contributed by atoms with Gasteiger partial charge >= 0.3 is 0 Å². The van der Waals surface area contributed by atoms with Crippen LogP contribution in [0, 0.1) is 11.3 Å². The Hall–Kier alpha value is -3.87. The molecule has 4 rings (SSSR count). The van der Waals surface area contributed by atoms with Gasteiger partial charge in [0, 0.05) is 16.5 Å². The van der Waals surface area contributed by atoms with Crippen LogP contribution < -0.4 is 14.8 Å². The normalized spacial score (nSPS) is 11.4. The molecule has 4 aromatic rings. The van der Waals surface area contributed by atoms with Crippen molar-refractivity contribution in [3.05, 3.63) is 71.6 Å². The van der Waals surface area contributed by atoms with E-state index < -0.39 is 5.25 Å². The molecule has 1 atom stereocenters. The summed E-state index contributed by atoms with van der Waals surface area (Å²) in [5, 5.41) is 14.8. The number of nitrogens with zero attached hydrogens (tertiary/aromatic N) is 3. The number of hydrogen-bond donors (Lipinski definition) is 1. The van der Waals surface area contributed by atoms with Crippen molar-refractivity contribution in [1.82, 2.24) is 9.97 Å². The number of carbonyl (C=O) groups excluding carboxylic acids is 1. The number of pyridine rings is 1. The number of hydrogen-bond acceptors (Lipinski definition) is 8. The molecule has 1 unspecified atom stereocenters. The number of benzene rings is 2. The van der Waals surface area contributed by atoms with Gasteiger partial charge in [0.1, 0.15) is 22.6 Å². The van der Waals surface area contributed by atoms with Crippen LogP contribution in [-0.2, 0) is 4.79 Å². The van der Waals surface area contributed by atoms with Gasteiger partial charge in [-0.2, -0.15) is 5.26 Å². The molecule has 1 N–H and O–H groups in total. The van der Waals surface area contributed by atoms with E-state index in [2.05, 4.69) is 21.4 Å². The molecular weight excluding hydrogens is 480 g/mol. The third-order valence-electron chi connectivity index (χ3n) is 5.14. The number of nitrogens with one attached hydrogen (secondary N) is 1. The summed E-state index contributed by atoms with van der Waals surface area (Å²) in [7, 11) is 3.23. The summed E-state index contributed by atoms with van der Waals surface area (Å²) in [5.74, 6) is 1.30. The fraction of sp³-hybridized carbons (Fsp3) is 0.154. The minimum atomic E-state index is -0.492. The second-order valence-electron chi connectivity index (χ2n) is 7.41. The molecule has 0 spiro atoms. The second-order valence-corrected chi connectivity index (χ2v) is 9.59. The van der Waals surface area contributed by atoms with E-state index in [0.717, 1.165) is 28.3 Å². The highest BCUT2D eigenvalue weighted by molar-refractivity contribution is 8.00. The quantitative estimate of drug-likeness (QED) is 0.301. The van der Waals surface area contributed by atoms with Crippen LogP contribution in [0.5, 0.6) is 11.5 Å². The van der Waals surface area contributed by atoms with Gasteiger partial charge in [-0.25, -0.2) is 9.97 Å². The van der Waals surface area contributed by atoms with Crippen molar-refractivity contribution in [2.45, 2.75) is 17.2 Å². The second kappa shape index (κ2) is 11.0. The first-order valence-corrected chi connectivity index (χ1v) is 12.4. The van der Waals surface area contributed by atoms with E-state index in [9.17, 15) is 10.1 Å². The van der Waals surface area contributed by atoms with E-state index in [-0.39, 0.29) is 5.91 Å². The van der Waals surface area contributed by atoms with E-state index in [1.54, 1.807) is 33.3 Å². The SMILES string of the molecule is COc1ccc(-c2csc(NC(=O)C(C)Sc3nc(-c4ccc(OC)cc4)ccc3C#N)n2)cc1. The minimum Gasteiger partial charge on any atom is -0.497 e. The van der Waals surface area contributed by atoms with E-state index in [0.29, 0.717) is 21.4 Å². The molecule has 1 amide bonds. The Balaban J connectivity index is 1.46. The highest BCUT2D eigenvalue weighted by atomic mass is 32.2. The van der Waals surface area contributed by atoms with Gasteiger partial charge in [-0.15, -0.1) is 11.3 Å². The summed E-state index contributed by atoms with van der Waals surface area (Å²) in [6.07, 6.45) is 0. The van der Waals surface area contributed by atoms with Crippen LogP contribution in [-0.4, -0.2) is 35.3 Å². The van der Waals surface area contributed by atoms with Gasteiger partial charge in [0.15, 0.2) is 5.13 Å². The number of methoxy groups -OCH3 is 2. The summed E-state index contributed by atoms with van der Waals surface area (Å²) >= 11 is 2.59. The van der Waals surface area contributed by atoms with Crippen molar-refractivity contribution in [2.24, 2.45) is 0 Å². The average Bonchev–Trinajstić information content (AvgIpc) is 3.37. The number of thioether (sulfide) groups is 1. The number of ether oxygens (including phenoxy) is 2. The zero-order chi connectivity index (χ0) is 24.8. The topological polar surface area (TPSA) is 97.1 Å².